The van der Waals surface area contributed by atoms with Crippen LogP contribution in [0.15, 0.2) is 59.7 Å². The summed E-state index contributed by atoms with van der Waals surface area (Å²) in [6, 6.07) is 12.9. The highest BCUT2D eigenvalue weighted by Crippen LogP contribution is 2.37. The van der Waals surface area contributed by atoms with Crippen molar-refractivity contribution in [2.45, 2.75) is 57.5 Å². The van der Waals surface area contributed by atoms with Crippen LogP contribution in [0.3, 0.4) is 0 Å². The number of carbonyl (C=O) groups is 1. The zero-order chi connectivity index (χ0) is 28.9. The largest absolute Gasteiger partial charge is 0.385 e. The Labute approximate surface area is 239 Å². The van der Waals surface area contributed by atoms with Crippen LogP contribution in [0.4, 0.5) is 4.39 Å². The number of likely N-dealkylation sites (tertiary alicyclic amines) is 1. The number of ether oxygens (including phenoxy) is 1. The van der Waals surface area contributed by atoms with Gasteiger partial charge in [0.25, 0.3) is 0 Å². The van der Waals surface area contributed by atoms with Crippen molar-refractivity contribution in [2.24, 2.45) is 5.73 Å². The predicted molar refractivity (Wildman–Crippen MR) is 158 cm³/mol. The first-order valence-electron chi connectivity index (χ1n) is 14.3. The van der Waals surface area contributed by atoms with Gasteiger partial charge in [-0.05, 0) is 55.4 Å². The molecule has 1 aliphatic rings. The maximum Gasteiger partial charge on any atom is 0.344 e. The van der Waals surface area contributed by atoms with Gasteiger partial charge < -0.3 is 24.9 Å². The minimum absolute atomic E-state index is 0.0593. The van der Waals surface area contributed by atoms with Crippen LogP contribution in [0.1, 0.15) is 48.4 Å². The van der Waals surface area contributed by atoms with Gasteiger partial charge in [-0.2, -0.15) is 0 Å². The smallest absolute Gasteiger partial charge is 0.344 e. The van der Waals surface area contributed by atoms with E-state index in [0.29, 0.717) is 38.2 Å². The van der Waals surface area contributed by atoms with Crippen LogP contribution in [0.2, 0.25) is 0 Å². The van der Waals surface area contributed by atoms with E-state index < -0.39 is 0 Å². The Morgan fingerprint density at radius 1 is 1.22 bits per heavy atom. The van der Waals surface area contributed by atoms with Gasteiger partial charge in [-0.3, -0.25) is 4.79 Å². The molecule has 216 valence electrons. The first-order chi connectivity index (χ1) is 19.9. The van der Waals surface area contributed by atoms with Crippen molar-refractivity contribution in [3.8, 4) is 11.1 Å². The van der Waals surface area contributed by atoms with E-state index >= 15 is 4.39 Å². The standard InChI is InChI=1S/C32H38FN5O3/c1-21-27-7-3-8-28(33)31(27)38(14-5-15-41-2)30(21)24-6-4-13-37(20-24)29(39)17-26(34)16-22-9-11-23(12-10-22)25-18-35-32(40)36-19-25/h3,7-12,18-19,24,26H,4-6,13-17,20,34H2,1-2H3,(H,35,36,40)/t24?,26-/m1/s1. The summed E-state index contributed by atoms with van der Waals surface area (Å²) in [4.78, 5) is 32.9. The molecule has 41 heavy (non-hydrogen) atoms. The molecule has 1 saturated heterocycles. The fraction of sp³-hybridized carbons (Fsp3) is 0.406. The van der Waals surface area contributed by atoms with E-state index in [1.54, 1.807) is 25.6 Å². The lowest BCUT2D eigenvalue weighted by Crippen LogP contribution is -2.42. The molecule has 3 heterocycles. The molecule has 4 aromatic rings. The lowest BCUT2D eigenvalue weighted by molar-refractivity contribution is -0.132. The van der Waals surface area contributed by atoms with Crippen LogP contribution in [0.5, 0.6) is 0 Å². The molecule has 1 unspecified atom stereocenters. The number of nitrogens with two attached hydrogens (primary N) is 1. The number of nitrogens with zero attached hydrogens (tertiary/aromatic N) is 3. The summed E-state index contributed by atoms with van der Waals surface area (Å²) in [5, 5.41) is 0.936. The van der Waals surface area contributed by atoms with Crippen LogP contribution in [0, 0.1) is 12.7 Å². The molecule has 1 aliphatic heterocycles. The van der Waals surface area contributed by atoms with Gasteiger partial charge >= 0.3 is 5.69 Å². The number of benzene rings is 2. The fourth-order valence-electron chi connectivity index (χ4n) is 6.17. The Morgan fingerprint density at radius 2 is 2.02 bits per heavy atom. The maximum absolute atomic E-state index is 15.0. The fourth-order valence-corrected chi connectivity index (χ4v) is 6.17. The molecule has 1 amide bonds. The molecule has 2 aromatic carbocycles. The number of amides is 1. The summed E-state index contributed by atoms with van der Waals surface area (Å²) in [6.07, 6.45) is 6.67. The van der Waals surface area contributed by atoms with Crippen molar-refractivity contribution in [1.29, 1.82) is 0 Å². The molecule has 9 heteroatoms. The minimum Gasteiger partial charge on any atom is -0.385 e. The van der Waals surface area contributed by atoms with E-state index in [0.717, 1.165) is 52.6 Å². The number of hydrogen-bond acceptors (Lipinski definition) is 5. The van der Waals surface area contributed by atoms with Gasteiger partial charge in [-0.1, -0.05) is 36.4 Å². The van der Waals surface area contributed by atoms with Gasteiger partial charge in [-0.15, -0.1) is 0 Å². The Bertz CT molecular complexity index is 1540. The number of aryl methyl sites for hydroxylation is 2. The molecule has 0 aliphatic carbocycles. The molecule has 8 nitrogen and oxygen atoms in total. The summed E-state index contributed by atoms with van der Waals surface area (Å²) in [7, 11) is 1.68. The van der Waals surface area contributed by atoms with E-state index in [9.17, 15) is 9.59 Å². The van der Waals surface area contributed by atoms with E-state index in [1.807, 2.05) is 35.2 Å². The molecule has 1 fully saturated rings. The van der Waals surface area contributed by atoms with Crippen LogP contribution in [0.25, 0.3) is 22.0 Å². The van der Waals surface area contributed by atoms with Gasteiger partial charge in [0, 0.05) is 80.8 Å². The Kier molecular flexibility index (Phi) is 8.95. The normalized spacial score (nSPS) is 16.3. The van der Waals surface area contributed by atoms with E-state index in [2.05, 4.69) is 21.5 Å². The third-order valence-electron chi connectivity index (χ3n) is 8.12. The van der Waals surface area contributed by atoms with Crippen molar-refractivity contribution >= 4 is 16.8 Å². The average molecular weight is 560 g/mol. The highest BCUT2D eigenvalue weighted by molar-refractivity contribution is 5.86. The topological polar surface area (TPSA) is 106 Å². The third kappa shape index (κ3) is 6.41. The summed E-state index contributed by atoms with van der Waals surface area (Å²) in [5.41, 5.74) is 11.7. The molecule has 2 atom stereocenters. The zero-order valence-electron chi connectivity index (χ0n) is 23.7. The number of halogens is 1. The third-order valence-corrected chi connectivity index (χ3v) is 8.12. The van der Waals surface area contributed by atoms with Crippen molar-refractivity contribution in [3.63, 3.8) is 0 Å². The first-order valence-corrected chi connectivity index (χ1v) is 14.3. The molecule has 0 radical (unpaired) electrons. The van der Waals surface area contributed by atoms with Crippen LogP contribution in [-0.4, -0.2) is 58.2 Å². The lowest BCUT2D eigenvalue weighted by atomic mass is 9.91. The number of piperidine rings is 1. The maximum atomic E-state index is 15.0. The molecule has 3 N–H and O–H groups in total. The zero-order valence-corrected chi connectivity index (χ0v) is 23.7. The number of methoxy groups -OCH3 is 1. The molecule has 5 rings (SSSR count). The molecular formula is C32H38FN5O3. The van der Waals surface area contributed by atoms with Gasteiger partial charge in [0.15, 0.2) is 0 Å². The number of rotatable bonds is 10. The number of fused-ring (bicyclic) bond motifs is 1. The highest BCUT2D eigenvalue weighted by atomic mass is 19.1. The van der Waals surface area contributed by atoms with E-state index in [4.69, 9.17) is 10.5 Å². The number of H-pyrrole nitrogens is 1. The van der Waals surface area contributed by atoms with Crippen molar-refractivity contribution in [1.82, 2.24) is 19.4 Å². The number of nitrogens with one attached hydrogen (secondary N) is 1. The quantitative estimate of drug-likeness (QED) is 0.278. The number of carbonyl (C=O) groups excluding carboxylic acids is 1. The van der Waals surface area contributed by atoms with Gasteiger partial charge in [0.05, 0.1) is 5.52 Å². The van der Waals surface area contributed by atoms with Crippen molar-refractivity contribution < 1.29 is 13.9 Å². The number of aromatic amines is 1. The van der Waals surface area contributed by atoms with Gasteiger partial charge in [0.1, 0.15) is 5.82 Å². The molecule has 0 bridgehead atoms. The SMILES string of the molecule is COCCCn1c(C2CCCN(C(=O)C[C@H](N)Cc3ccc(-c4cnc(=O)[nH]c4)cc3)C2)c(C)c2cccc(F)c21. The molecule has 0 spiro atoms. The van der Waals surface area contributed by atoms with Crippen LogP contribution in [-0.2, 0) is 22.5 Å². The Hall–Kier alpha value is -3.82. The second-order valence-corrected chi connectivity index (χ2v) is 11.0. The summed E-state index contributed by atoms with van der Waals surface area (Å²) < 4.78 is 22.4. The van der Waals surface area contributed by atoms with Crippen molar-refractivity contribution in [3.05, 3.63) is 88.0 Å². The summed E-state index contributed by atoms with van der Waals surface area (Å²) in [5.74, 6) is -0.0235. The van der Waals surface area contributed by atoms with Gasteiger partial charge in [-0.25, -0.2) is 14.2 Å². The Morgan fingerprint density at radius 3 is 2.76 bits per heavy atom. The number of hydrogen-bond donors (Lipinski definition) is 2. The number of para-hydroxylation sites is 1. The summed E-state index contributed by atoms with van der Waals surface area (Å²) >= 11 is 0. The van der Waals surface area contributed by atoms with Crippen LogP contribution >= 0.6 is 0 Å². The Balaban J connectivity index is 1.26. The second kappa shape index (κ2) is 12.8. The van der Waals surface area contributed by atoms with E-state index in [1.165, 1.54) is 6.07 Å². The molecule has 2 aromatic heterocycles. The lowest BCUT2D eigenvalue weighted by Gasteiger charge is -2.34. The average Bonchev–Trinajstić information content (AvgIpc) is 3.26. The monoisotopic (exact) mass is 559 g/mol. The first kappa shape index (κ1) is 28.7. The second-order valence-electron chi connectivity index (χ2n) is 11.0. The minimum atomic E-state index is -0.380. The summed E-state index contributed by atoms with van der Waals surface area (Å²) in [6.45, 7) is 4.66. The predicted octanol–water partition coefficient (Wildman–Crippen LogP) is 4.54. The van der Waals surface area contributed by atoms with Crippen molar-refractivity contribution in [2.75, 3.05) is 26.8 Å². The molecular weight excluding hydrogens is 521 g/mol. The van der Waals surface area contributed by atoms with Gasteiger partial charge in [0.2, 0.25) is 5.91 Å². The highest BCUT2D eigenvalue weighted by Gasteiger charge is 2.30. The number of aromatic nitrogens is 3. The molecule has 0 saturated carbocycles. The van der Waals surface area contributed by atoms with Crippen LogP contribution < -0.4 is 11.4 Å². The van der Waals surface area contributed by atoms with E-state index in [-0.39, 0.29) is 35.8 Å².